The summed E-state index contributed by atoms with van der Waals surface area (Å²) >= 11 is 0. The van der Waals surface area contributed by atoms with Crippen LogP contribution in [0, 0.1) is 5.92 Å². The molecule has 1 heterocycles. The monoisotopic (exact) mass is 270 g/mol. The third kappa shape index (κ3) is 3.41. The highest BCUT2D eigenvalue weighted by Crippen LogP contribution is 2.21. The predicted octanol–water partition coefficient (Wildman–Crippen LogP) is 1.71. The number of hydrogen-bond donors (Lipinski definition) is 1. The number of likely N-dealkylation sites (tertiary alicyclic amines) is 1. The van der Waals surface area contributed by atoms with Crippen LogP contribution in [0.3, 0.4) is 0 Å². The van der Waals surface area contributed by atoms with Gasteiger partial charge < -0.3 is 15.4 Å². The van der Waals surface area contributed by atoms with Gasteiger partial charge in [-0.05, 0) is 37.1 Å². The molecule has 0 saturated carbocycles. The molecule has 1 aliphatic rings. The van der Waals surface area contributed by atoms with Gasteiger partial charge in [-0.2, -0.15) is 8.78 Å². The highest BCUT2D eigenvalue weighted by molar-refractivity contribution is 5.94. The van der Waals surface area contributed by atoms with Gasteiger partial charge in [0.25, 0.3) is 5.91 Å². The molecule has 0 spiro atoms. The Hall–Kier alpha value is -1.69. The van der Waals surface area contributed by atoms with E-state index >= 15 is 0 Å². The SMILES string of the molecule is NCC1CCN(C(=O)c2cccc(OC(F)F)c2)C1. The first-order chi connectivity index (χ1) is 9.10. The molecule has 6 heteroatoms. The summed E-state index contributed by atoms with van der Waals surface area (Å²) in [5.41, 5.74) is 5.93. The maximum absolute atomic E-state index is 12.2. The molecular weight excluding hydrogens is 254 g/mol. The third-order valence-electron chi connectivity index (χ3n) is 3.21. The summed E-state index contributed by atoms with van der Waals surface area (Å²) in [6.07, 6.45) is 0.884. The number of carbonyl (C=O) groups is 1. The van der Waals surface area contributed by atoms with Crippen molar-refractivity contribution in [3.8, 4) is 5.75 Å². The lowest BCUT2D eigenvalue weighted by Gasteiger charge is -2.16. The molecule has 2 N–H and O–H groups in total. The maximum Gasteiger partial charge on any atom is 0.387 e. The zero-order chi connectivity index (χ0) is 13.8. The molecule has 4 nitrogen and oxygen atoms in total. The van der Waals surface area contributed by atoms with Crippen molar-refractivity contribution in [2.75, 3.05) is 19.6 Å². The van der Waals surface area contributed by atoms with Crippen LogP contribution in [-0.4, -0.2) is 37.1 Å². The quantitative estimate of drug-likeness (QED) is 0.906. The molecule has 1 aromatic carbocycles. The second-order valence-corrected chi connectivity index (χ2v) is 4.55. The molecule has 19 heavy (non-hydrogen) atoms. The standard InChI is InChI=1S/C13H16F2N2O2/c14-13(15)19-11-3-1-2-10(6-11)12(18)17-5-4-9(7-16)8-17/h1-3,6,9,13H,4-5,7-8,16H2. The van der Waals surface area contributed by atoms with Gasteiger partial charge in [0.2, 0.25) is 0 Å². The smallest absolute Gasteiger partial charge is 0.387 e. The Balaban J connectivity index is 2.07. The van der Waals surface area contributed by atoms with Crippen molar-refractivity contribution < 1.29 is 18.3 Å². The molecule has 0 radical (unpaired) electrons. The van der Waals surface area contributed by atoms with Crippen molar-refractivity contribution in [2.24, 2.45) is 11.7 Å². The summed E-state index contributed by atoms with van der Waals surface area (Å²) in [4.78, 5) is 13.9. The van der Waals surface area contributed by atoms with Gasteiger partial charge in [0.15, 0.2) is 0 Å². The van der Waals surface area contributed by atoms with Gasteiger partial charge in [-0.25, -0.2) is 0 Å². The molecule has 2 rings (SSSR count). The maximum atomic E-state index is 12.2. The van der Waals surface area contributed by atoms with Crippen LogP contribution < -0.4 is 10.5 Å². The fourth-order valence-corrected chi connectivity index (χ4v) is 2.20. The minimum atomic E-state index is -2.89. The van der Waals surface area contributed by atoms with Crippen molar-refractivity contribution in [3.63, 3.8) is 0 Å². The number of rotatable bonds is 4. The number of alkyl halides is 2. The lowest BCUT2D eigenvalue weighted by molar-refractivity contribution is -0.0499. The Labute approximate surface area is 110 Å². The summed E-state index contributed by atoms with van der Waals surface area (Å²) in [6, 6.07) is 5.86. The highest BCUT2D eigenvalue weighted by Gasteiger charge is 2.26. The summed E-state index contributed by atoms with van der Waals surface area (Å²) in [6.45, 7) is -1.06. The van der Waals surface area contributed by atoms with Gasteiger partial charge in [0, 0.05) is 18.7 Å². The van der Waals surface area contributed by atoms with Crippen LogP contribution in [0.25, 0.3) is 0 Å². The van der Waals surface area contributed by atoms with E-state index in [1.54, 1.807) is 11.0 Å². The predicted molar refractivity (Wildman–Crippen MR) is 66.1 cm³/mol. The zero-order valence-corrected chi connectivity index (χ0v) is 10.4. The minimum absolute atomic E-state index is 0.00424. The Kier molecular flexibility index (Phi) is 4.31. The van der Waals surface area contributed by atoms with E-state index in [0.717, 1.165) is 6.42 Å². The number of nitrogens with zero attached hydrogens (tertiary/aromatic N) is 1. The molecule has 0 aliphatic carbocycles. The van der Waals surface area contributed by atoms with Crippen LogP contribution in [0.4, 0.5) is 8.78 Å². The highest BCUT2D eigenvalue weighted by atomic mass is 19.3. The van der Waals surface area contributed by atoms with Gasteiger partial charge in [0.1, 0.15) is 5.75 Å². The van der Waals surface area contributed by atoms with E-state index in [4.69, 9.17) is 5.73 Å². The van der Waals surface area contributed by atoms with Crippen molar-refractivity contribution in [1.82, 2.24) is 4.90 Å². The van der Waals surface area contributed by atoms with E-state index in [-0.39, 0.29) is 11.7 Å². The van der Waals surface area contributed by atoms with E-state index < -0.39 is 6.61 Å². The van der Waals surface area contributed by atoms with Gasteiger partial charge in [-0.1, -0.05) is 6.07 Å². The average Bonchev–Trinajstić information content (AvgIpc) is 2.86. The molecule has 0 aromatic heterocycles. The zero-order valence-electron chi connectivity index (χ0n) is 10.4. The van der Waals surface area contributed by atoms with E-state index in [1.807, 2.05) is 0 Å². The molecule has 1 atom stereocenters. The fourth-order valence-electron chi connectivity index (χ4n) is 2.20. The number of benzene rings is 1. The molecule has 0 bridgehead atoms. The minimum Gasteiger partial charge on any atom is -0.435 e. The Morgan fingerprint density at radius 3 is 2.95 bits per heavy atom. The van der Waals surface area contributed by atoms with Crippen molar-refractivity contribution in [2.45, 2.75) is 13.0 Å². The van der Waals surface area contributed by atoms with Gasteiger partial charge >= 0.3 is 6.61 Å². The van der Waals surface area contributed by atoms with Gasteiger partial charge in [0.05, 0.1) is 0 Å². The Bertz CT molecular complexity index is 454. The lowest BCUT2D eigenvalue weighted by atomic mass is 10.1. The molecule has 104 valence electrons. The molecular formula is C13H16F2N2O2. The van der Waals surface area contributed by atoms with Gasteiger partial charge in [-0.15, -0.1) is 0 Å². The largest absolute Gasteiger partial charge is 0.435 e. The summed E-state index contributed by atoms with van der Waals surface area (Å²) in [5.74, 6) is 0.149. The molecule has 1 aromatic rings. The first-order valence-corrected chi connectivity index (χ1v) is 6.14. The summed E-state index contributed by atoms with van der Waals surface area (Å²) in [5, 5.41) is 0. The molecule has 1 unspecified atom stereocenters. The molecule has 1 aliphatic heterocycles. The molecule has 1 saturated heterocycles. The van der Waals surface area contributed by atoms with Crippen LogP contribution in [0.15, 0.2) is 24.3 Å². The van der Waals surface area contributed by atoms with E-state index in [9.17, 15) is 13.6 Å². The number of amides is 1. The fraction of sp³-hybridized carbons (Fsp3) is 0.462. The Morgan fingerprint density at radius 2 is 2.32 bits per heavy atom. The van der Waals surface area contributed by atoms with Crippen LogP contribution in [0.2, 0.25) is 0 Å². The Morgan fingerprint density at radius 1 is 1.53 bits per heavy atom. The topological polar surface area (TPSA) is 55.6 Å². The number of carbonyl (C=O) groups excluding carboxylic acids is 1. The number of nitrogens with two attached hydrogens (primary N) is 1. The van der Waals surface area contributed by atoms with E-state index in [1.165, 1.54) is 18.2 Å². The van der Waals surface area contributed by atoms with Crippen LogP contribution in [0.5, 0.6) is 5.75 Å². The first kappa shape index (κ1) is 13.7. The molecule has 1 amide bonds. The van der Waals surface area contributed by atoms with E-state index in [2.05, 4.69) is 4.74 Å². The van der Waals surface area contributed by atoms with Crippen LogP contribution >= 0.6 is 0 Å². The lowest BCUT2D eigenvalue weighted by Crippen LogP contribution is -2.29. The third-order valence-corrected chi connectivity index (χ3v) is 3.21. The summed E-state index contributed by atoms with van der Waals surface area (Å²) < 4.78 is 28.5. The summed E-state index contributed by atoms with van der Waals surface area (Å²) in [7, 11) is 0. The molecule has 1 fully saturated rings. The van der Waals surface area contributed by atoms with Crippen molar-refractivity contribution >= 4 is 5.91 Å². The second-order valence-electron chi connectivity index (χ2n) is 4.55. The van der Waals surface area contributed by atoms with Crippen molar-refractivity contribution in [1.29, 1.82) is 0 Å². The number of ether oxygens (including phenoxy) is 1. The van der Waals surface area contributed by atoms with Crippen molar-refractivity contribution in [3.05, 3.63) is 29.8 Å². The van der Waals surface area contributed by atoms with E-state index in [0.29, 0.717) is 31.1 Å². The second kappa shape index (κ2) is 5.97. The van der Waals surface area contributed by atoms with Crippen LogP contribution in [0.1, 0.15) is 16.8 Å². The number of halogens is 2. The normalized spacial score (nSPS) is 18.9. The average molecular weight is 270 g/mol. The van der Waals surface area contributed by atoms with Gasteiger partial charge in [-0.3, -0.25) is 4.79 Å². The van der Waals surface area contributed by atoms with Crippen LogP contribution in [-0.2, 0) is 0 Å². The number of hydrogen-bond acceptors (Lipinski definition) is 3. The first-order valence-electron chi connectivity index (χ1n) is 6.14.